The molecule has 3 aliphatic heterocycles. The number of anilines is 1. The third-order valence-electron chi connectivity index (χ3n) is 5.34. The molecule has 2 aromatic rings. The van der Waals surface area contributed by atoms with Crippen LogP contribution in [0.2, 0.25) is 5.02 Å². The number of carbonyl (C=O) groups is 1. The lowest BCUT2D eigenvalue weighted by molar-refractivity contribution is 0.0815. The van der Waals surface area contributed by atoms with Gasteiger partial charge in [-0.25, -0.2) is 0 Å². The summed E-state index contributed by atoms with van der Waals surface area (Å²) in [6.07, 6.45) is 4.41. The van der Waals surface area contributed by atoms with Crippen molar-refractivity contribution in [1.29, 1.82) is 0 Å². The number of halogens is 1. The molecule has 8 nitrogen and oxygen atoms in total. The number of aliphatic imine (C=N–C) groups is 1. The molecule has 27 heavy (non-hydrogen) atoms. The van der Waals surface area contributed by atoms with Crippen LogP contribution in [0.15, 0.2) is 35.2 Å². The van der Waals surface area contributed by atoms with E-state index >= 15 is 0 Å². The van der Waals surface area contributed by atoms with E-state index < -0.39 is 0 Å². The van der Waals surface area contributed by atoms with E-state index in [0.29, 0.717) is 34.5 Å². The van der Waals surface area contributed by atoms with E-state index in [1.54, 1.807) is 35.2 Å². The molecule has 2 unspecified atom stereocenters. The van der Waals surface area contributed by atoms with Crippen molar-refractivity contribution in [2.45, 2.75) is 25.4 Å². The average molecular weight is 385 g/mol. The topological polar surface area (TPSA) is 78.5 Å². The number of amides is 1. The molecule has 0 bridgehead atoms. The van der Waals surface area contributed by atoms with E-state index in [1.807, 2.05) is 24.0 Å². The predicted octanol–water partition coefficient (Wildman–Crippen LogP) is 2.51. The average Bonchev–Trinajstić information content (AvgIpc) is 3.37. The van der Waals surface area contributed by atoms with Crippen molar-refractivity contribution in [2.75, 3.05) is 13.7 Å². The number of hydrogen-bond acceptors (Lipinski definition) is 6. The van der Waals surface area contributed by atoms with Crippen LogP contribution in [0.25, 0.3) is 5.82 Å². The van der Waals surface area contributed by atoms with Gasteiger partial charge in [0.25, 0.3) is 12.2 Å². The normalized spacial score (nSPS) is 24.7. The van der Waals surface area contributed by atoms with E-state index in [2.05, 4.69) is 15.3 Å². The van der Waals surface area contributed by atoms with Crippen LogP contribution in [0.1, 0.15) is 35.3 Å². The molecule has 1 aromatic carbocycles. The van der Waals surface area contributed by atoms with Gasteiger partial charge in [0.15, 0.2) is 0 Å². The minimum Gasteiger partial charge on any atom is -0.378 e. The Morgan fingerprint density at radius 1 is 1.37 bits per heavy atom. The van der Waals surface area contributed by atoms with Crippen molar-refractivity contribution >= 4 is 35.4 Å². The van der Waals surface area contributed by atoms with Crippen molar-refractivity contribution in [2.24, 2.45) is 4.99 Å². The van der Waals surface area contributed by atoms with E-state index in [-0.39, 0.29) is 17.9 Å². The minimum absolute atomic E-state index is 0.0829. The van der Waals surface area contributed by atoms with Crippen molar-refractivity contribution in [3.05, 3.63) is 46.5 Å². The predicted molar refractivity (Wildman–Crippen MR) is 99.8 cm³/mol. The summed E-state index contributed by atoms with van der Waals surface area (Å²) in [6, 6.07) is 5.39. The first-order valence-electron chi connectivity index (χ1n) is 8.74. The largest absolute Gasteiger partial charge is 0.378 e. The molecule has 0 aliphatic carbocycles. The quantitative estimate of drug-likeness (QED) is 0.745. The van der Waals surface area contributed by atoms with Gasteiger partial charge < -0.3 is 4.74 Å². The van der Waals surface area contributed by atoms with Gasteiger partial charge in [0.1, 0.15) is 5.56 Å². The molecule has 1 aromatic heterocycles. The van der Waals surface area contributed by atoms with Crippen LogP contribution >= 0.6 is 11.6 Å². The van der Waals surface area contributed by atoms with Gasteiger partial charge >= 0.3 is 5.82 Å². The lowest BCUT2D eigenvalue weighted by Crippen LogP contribution is -2.42. The third-order valence-corrected chi connectivity index (χ3v) is 5.66. The molecule has 1 radical (unpaired) electrons. The molecule has 3 aliphatic rings. The molecule has 0 N–H and O–H groups in total. The fourth-order valence-corrected chi connectivity index (χ4v) is 4.19. The van der Waals surface area contributed by atoms with Crippen LogP contribution in [-0.2, 0) is 4.74 Å². The van der Waals surface area contributed by atoms with Gasteiger partial charge in [-0.1, -0.05) is 22.9 Å². The second-order valence-corrected chi connectivity index (χ2v) is 7.21. The molecule has 2 atom stereocenters. The number of carbonyl (C=O) groups excluding carboxylic acids is 1. The van der Waals surface area contributed by atoms with Gasteiger partial charge in [0, 0.05) is 25.6 Å². The van der Waals surface area contributed by atoms with Gasteiger partial charge in [-0.3, -0.25) is 9.69 Å². The first-order valence-corrected chi connectivity index (χ1v) is 9.12. The van der Waals surface area contributed by atoms with Gasteiger partial charge in [0.2, 0.25) is 11.5 Å². The summed E-state index contributed by atoms with van der Waals surface area (Å²) in [7, 11) is 1.71. The Morgan fingerprint density at radius 3 is 3.00 bits per heavy atom. The highest BCUT2D eigenvalue weighted by atomic mass is 35.5. The number of nitrogens with zero attached hydrogens (tertiary/aromatic N) is 6. The Balaban J connectivity index is 1.66. The molecule has 1 amide bonds. The lowest BCUT2D eigenvalue weighted by atomic mass is 9.99. The van der Waals surface area contributed by atoms with E-state index in [9.17, 15) is 4.79 Å². The monoisotopic (exact) mass is 384 g/mol. The van der Waals surface area contributed by atoms with Crippen molar-refractivity contribution in [3.8, 4) is 0 Å². The van der Waals surface area contributed by atoms with Crippen LogP contribution < -0.4 is 4.90 Å². The molecular formula is C18H17ClN6O2+. The van der Waals surface area contributed by atoms with Gasteiger partial charge in [-0.05, 0) is 24.3 Å². The summed E-state index contributed by atoms with van der Waals surface area (Å²) >= 11 is 6.28. The zero-order chi connectivity index (χ0) is 18.7. The van der Waals surface area contributed by atoms with Gasteiger partial charge in [-0.2, -0.15) is 9.67 Å². The second-order valence-electron chi connectivity index (χ2n) is 6.80. The maximum Gasteiger partial charge on any atom is 0.318 e. The van der Waals surface area contributed by atoms with Crippen LogP contribution in [0.4, 0.5) is 5.69 Å². The van der Waals surface area contributed by atoms with Crippen molar-refractivity contribution < 1.29 is 9.53 Å². The lowest BCUT2D eigenvalue weighted by Gasteiger charge is -2.24. The molecular weight excluding hydrogens is 368 g/mol. The Labute approximate surface area is 160 Å². The summed E-state index contributed by atoms with van der Waals surface area (Å²) in [4.78, 5) is 20.9. The number of benzene rings is 1. The van der Waals surface area contributed by atoms with Crippen LogP contribution in [0, 0.1) is 0 Å². The SMILES string of the molecule is CC1OCCC1c1cnnn1C1=C2N(C)C(=O)c3c(Cl)cccc3[N+]2C=N1. The highest BCUT2D eigenvalue weighted by molar-refractivity contribution is 6.35. The summed E-state index contributed by atoms with van der Waals surface area (Å²) in [5.74, 6) is 1.20. The van der Waals surface area contributed by atoms with Gasteiger partial charge in [0.05, 0.1) is 23.0 Å². The van der Waals surface area contributed by atoms with Crippen LogP contribution in [0.3, 0.4) is 0 Å². The zero-order valence-corrected chi connectivity index (χ0v) is 15.6. The van der Waals surface area contributed by atoms with E-state index in [4.69, 9.17) is 16.3 Å². The van der Waals surface area contributed by atoms with Crippen molar-refractivity contribution in [1.82, 2.24) is 24.8 Å². The molecule has 4 heterocycles. The number of fused-ring (bicyclic) bond motifs is 3. The maximum atomic E-state index is 12.9. The molecule has 5 rings (SSSR count). The molecule has 1 fully saturated rings. The highest BCUT2D eigenvalue weighted by Crippen LogP contribution is 2.40. The maximum absolute atomic E-state index is 12.9. The van der Waals surface area contributed by atoms with Gasteiger partial charge in [-0.15, -0.1) is 5.10 Å². The number of aromatic nitrogens is 3. The fourth-order valence-electron chi connectivity index (χ4n) is 3.94. The molecule has 137 valence electrons. The molecule has 0 spiro atoms. The second kappa shape index (κ2) is 5.98. The number of rotatable bonds is 2. The standard InChI is InChI=1S/C18H17ClN6O2/c1-10-11(6-7-27-10)14-8-21-22-25(14)16-17-23(2)18(26)15-12(19)4-3-5-13(15)24(17)9-20-16/h3-5,8-11H,6-7H2,1-2H3/q+1. The number of hydrogen-bond donors (Lipinski definition) is 0. The van der Waals surface area contributed by atoms with Crippen molar-refractivity contribution in [3.63, 3.8) is 0 Å². The summed E-state index contributed by atoms with van der Waals surface area (Å²) in [5, 5.41) is 8.76. The first kappa shape index (κ1) is 16.6. The summed E-state index contributed by atoms with van der Waals surface area (Å²) in [6.45, 7) is 2.76. The zero-order valence-electron chi connectivity index (χ0n) is 14.8. The molecule has 0 saturated carbocycles. The summed E-state index contributed by atoms with van der Waals surface area (Å²) < 4.78 is 7.41. The molecule has 9 heteroatoms. The third kappa shape index (κ3) is 2.30. The Morgan fingerprint density at radius 2 is 2.22 bits per heavy atom. The van der Waals surface area contributed by atoms with Crippen LogP contribution in [-0.4, -0.2) is 51.9 Å². The number of ether oxygens (including phenoxy) is 1. The Kier molecular flexibility index (Phi) is 3.68. The first-order chi connectivity index (χ1) is 13.1. The smallest absolute Gasteiger partial charge is 0.318 e. The Hall–Kier alpha value is -2.55. The Bertz CT molecular complexity index is 1010. The van der Waals surface area contributed by atoms with E-state index in [0.717, 1.165) is 12.1 Å². The van der Waals surface area contributed by atoms with Crippen LogP contribution in [0.5, 0.6) is 0 Å². The summed E-state index contributed by atoms with van der Waals surface area (Å²) in [5.41, 5.74) is 2.10. The minimum atomic E-state index is -0.177. The van der Waals surface area contributed by atoms with E-state index in [1.165, 1.54) is 0 Å². The fraction of sp³-hybridized carbons (Fsp3) is 0.333. The molecule has 1 saturated heterocycles. The highest BCUT2D eigenvalue weighted by Gasteiger charge is 2.48.